The summed E-state index contributed by atoms with van der Waals surface area (Å²) in [5, 5.41) is 2.34. The van der Waals surface area contributed by atoms with Gasteiger partial charge in [0.05, 0.1) is 10.9 Å². The van der Waals surface area contributed by atoms with Crippen LogP contribution in [-0.4, -0.2) is 32.9 Å². The lowest BCUT2D eigenvalue weighted by Gasteiger charge is -2.02. The predicted molar refractivity (Wildman–Crippen MR) is 70.4 cm³/mol. The van der Waals surface area contributed by atoms with Gasteiger partial charge >= 0.3 is 0 Å². The highest BCUT2D eigenvalue weighted by Gasteiger charge is 2.04. The number of hydrogen-bond acceptors (Lipinski definition) is 4. The van der Waals surface area contributed by atoms with Crippen LogP contribution < -0.4 is 4.72 Å². The van der Waals surface area contributed by atoms with Crippen molar-refractivity contribution in [3.05, 3.63) is 0 Å². The van der Waals surface area contributed by atoms with E-state index in [0.717, 1.165) is 45.1 Å². The largest absolute Gasteiger partial charge is 0.233 e. The molecule has 0 aromatic rings. The van der Waals surface area contributed by atoms with Gasteiger partial charge in [0.25, 0.3) is 0 Å². The Kier molecular flexibility index (Phi) is 9.72. The minimum atomic E-state index is -3.01. The van der Waals surface area contributed by atoms with Crippen molar-refractivity contribution in [1.82, 2.24) is 4.72 Å². The summed E-state index contributed by atoms with van der Waals surface area (Å²) >= 11 is 4.45. The average molecular weight is 264 g/mol. The number of nitrogens with zero attached hydrogens (tertiary/aromatic N) is 1. The zero-order valence-corrected chi connectivity index (χ0v) is 11.4. The quantitative estimate of drug-likeness (QED) is 0.373. The molecule has 0 aliphatic carbocycles. The topological polar surface area (TPSA) is 58.5 Å². The summed E-state index contributed by atoms with van der Waals surface area (Å²) in [6.45, 7) is 0.762. The van der Waals surface area contributed by atoms with Crippen molar-refractivity contribution in [3.8, 4) is 0 Å². The van der Waals surface area contributed by atoms with Crippen molar-refractivity contribution in [2.24, 2.45) is 4.99 Å². The number of unbranched alkanes of at least 4 members (excludes halogenated alkanes) is 5. The summed E-state index contributed by atoms with van der Waals surface area (Å²) in [4.78, 5) is 3.83. The fraction of sp³-hybridized carbons (Fsp3) is 0.900. The molecule has 0 bridgehead atoms. The molecule has 0 unspecified atom stereocenters. The van der Waals surface area contributed by atoms with Gasteiger partial charge in [-0.15, -0.1) is 0 Å². The average Bonchev–Trinajstić information content (AvgIpc) is 2.27. The highest BCUT2D eigenvalue weighted by atomic mass is 32.2. The van der Waals surface area contributed by atoms with Crippen molar-refractivity contribution in [1.29, 1.82) is 0 Å². The van der Waals surface area contributed by atoms with Crippen LogP contribution >= 0.6 is 12.2 Å². The van der Waals surface area contributed by atoms with Crippen LogP contribution in [0.1, 0.15) is 38.5 Å². The molecule has 6 heteroatoms. The number of hydrogen-bond donors (Lipinski definition) is 1. The molecule has 16 heavy (non-hydrogen) atoms. The third kappa shape index (κ3) is 10.2. The smallest absolute Gasteiger partial charge is 0.211 e. The first-order valence-corrected chi connectivity index (χ1v) is 7.63. The van der Waals surface area contributed by atoms with Gasteiger partial charge in [0.1, 0.15) is 0 Å². The second-order valence-corrected chi connectivity index (χ2v) is 5.85. The summed E-state index contributed by atoms with van der Waals surface area (Å²) in [5.74, 6) is 0.235. The third-order valence-electron chi connectivity index (χ3n) is 2.31. The minimum Gasteiger partial charge on any atom is -0.233 e. The maximum Gasteiger partial charge on any atom is 0.211 e. The van der Waals surface area contributed by atoms with Crippen molar-refractivity contribution in [2.75, 3.05) is 19.3 Å². The van der Waals surface area contributed by atoms with Crippen molar-refractivity contribution < 1.29 is 8.42 Å². The highest BCUT2D eigenvalue weighted by Crippen LogP contribution is 2.06. The number of sulfonamides is 1. The monoisotopic (exact) mass is 264 g/mol. The van der Waals surface area contributed by atoms with Gasteiger partial charge in [-0.25, -0.2) is 18.1 Å². The first-order chi connectivity index (χ1) is 7.62. The number of aliphatic imine (C=N–C) groups is 1. The van der Waals surface area contributed by atoms with E-state index in [1.165, 1.54) is 7.05 Å². The molecule has 0 aliphatic rings. The number of nitrogens with one attached hydrogen (secondary N) is 1. The summed E-state index contributed by atoms with van der Waals surface area (Å²) in [5.41, 5.74) is 0. The van der Waals surface area contributed by atoms with Gasteiger partial charge in [-0.05, 0) is 32.1 Å². The van der Waals surface area contributed by atoms with Crippen molar-refractivity contribution in [2.45, 2.75) is 38.5 Å². The van der Waals surface area contributed by atoms with Crippen LogP contribution in [0.5, 0.6) is 0 Å². The highest BCUT2D eigenvalue weighted by molar-refractivity contribution is 7.89. The van der Waals surface area contributed by atoms with Gasteiger partial charge in [0.2, 0.25) is 10.0 Å². The van der Waals surface area contributed by atoms with Gasteiger partial charge in [0, 0.05) is 6.54 Å². The molecule has 1 N–H and O–H groups in total. The molecule has 0 spiro atoms. The normalized spacial score (nSPS) is 11.1. The van der Waals surface area contributed by atoms with Crippen LogP contribution in [0.4, 0.5) is 0 Å². The number of rotatable bonds is 10. The summed E-state index contributed by atoms with van der Waals surface area (Å²) in [6.07, 6.45) is 6.09. The molecule has 0 saturated carbocycles. The molecule has 0 aromatic carbocycles. The van der Waals surface area contributed by atoms with Crippen molar-refractivity contribution >= 4 is 27.4 Å². The van der Waals surface area contributed by atoms with Crippen LogP contribution in [0.15, 0.2) is 4.99 Å². The molecular formula is C10H20N2O2S2. The fourth-order valence-electron chi connectivity index (χ4n) is 1.34. The first-order valence-electron chi connectivity index (χ1n) is 5.57. The molecule has 0 amide bonds. The summed E-state index contributed by atoms with van der Waals surface area (Å²) in [7, 11) is -1.56. The predicted octanol–water partition coefficient (Wildman–Crippen LogP) is 1.98. The number of thiocarbonyl (C=S) groups is 1. The van der Waals surface area contributed by atoms with Crippen LogP contribution in [0, 0.1) is 0 Å². The van der Waals surface area contributed by atoms with E-state index in [0.29, 0.717) is 0 Å². The van der Waals surface area contributed by atoms with Gasteiger partial charge in [0.15, 0.2) is 0 Å². The second kappa shape index (κ2) is 9.90. The van der Waals surface area contributed by atoms with E-state index in [1.807, 2.05) is 0 Å². The van der Waals surface area contributed by atoms with Crippen LogP contribution in [0.25, 0.3) is 0 Å². The fourth-order valence-corrected chi connectivity index (χ4v) is 2.22. The Morgan fingerprint density at radius 1 is 1.12 bits per heavy atom. The van der Waals surface area contributed by atoms with Gasteiger partial charge < -0.3 is 0 Å². The number of isothiocyanates is 1. The van der Waals surface area contributed by atoms with E-state index in [4.69, 9.17) is 0 Å². The molecular weight excluding hydrogens is 244 g/mol. The lowest BCUT2D eigenvalue weighted by atomic mass is 10.1. The Bertz CT molecular complexity index is 309. The van der Waals surface area contributed by atoms with Gasteiger partial charge in [-0.1, -0.05) is 25.7 Å². The molecule has 0 saturated heterocycles. The first kappa shape index (κ1) is 15.7. The maximum absolute atomic E-state index is 11.1. The van der Waals surface area contributed by atoms with Crippen LogP contribution in [-0.2, 0) is 10.0 Å². The Hall–Kier alpha value is -0.290. The maximum atomic E-state index is 11.1. The molecule has 0 rings (SSSR count). The van der Waals surface area contributed by atoms with Gasteiger partial charge in [-0.2, -0.15) is 0 Å². The summed E-state index contributed by atoms with van der Waals surface area (Å²) < 4.78 is 24.4. The van der Waals surface area contributed by atoms with Crippen molar-refractivity contribution in [3.63, 3.8) is 0 Å². The van der Waals surface area contributed by atoms with Crippen LogP contribution in [0.2, 0.25) is 0 Å². The van der Waals surface area contributed by atoms with E-state index < -0.39 is 10.0 Å². The van der Waals surface area contributed by atoms with E-state index in [2.05, 4.69) is 27.1 Å². The van der Waals surface area contributed by atoms with Gasteiger partial charge in [-0.3, -0.25) is 0 Å². The molecule has 0 radical (unpaired) electrons. The zero-order chi connectivity index (χ0) is 12.3. The van der Waals surface area contributed by atoms with E-state index in [-0.39, 0.29) is 5.75 Å². The standard InChI is InChI=1S/C10H20N2O2S2/c1-11-16(13,14)9-7-5-3-2-4-6-8-12-10-15/h11H,2-9H2,1H3. The molecule has 0 heterocycles. The lowest BCUT2D eigenvalue weighted by Crippen LogP contribution is -2.21. The Morgan fingerprint density at radius 3 is 2.25 bits per heavy atom. The van der Waals surface area contributed by atoms with E-state index in [9.17, 15) is 8.42 Å². The van der Waals surface area contributed by atoms with Crippen LogP contribution in [0.3, 0.4) is 0 Å². The zero-order valence-electron chi connectivity index (χ0n) is 9.74. The van der Waals surface area contributed by atoms with E-state index in [1.54, 1.807) is 0 Å². The molecule has 0 aliphatic heterocycles. The molecule has 0 fully saturated rings. The SMILES string of the molecule is CNS(=O)(=O)CCCCCCCCN=C=S. The third-order valence-corrected chi connectivity index (χ3v) is 3.89. The van der Waals surface area contributed by atoms with E-state index >= 15 is 0 Å². The molecule has 4 nitrogen and oxygen atoms in total. The Labute approximate surface area is 104 Å². The minimum absolute atomic E-state index is 0.235. The molecule has 94 valence electrons. The Morgan fingerprint density at radius 2 is 1.69 bits per heavy atom. The second-order valence-electron chi connectivity index (χ2n) is 3.62. The molecule has 0 aromatic heterocycles. The molecule has 0 atom stereocenters. The Balaban J connectivity index is 3.25. The summed E-state index contributed by atoms with van der Waals surface area (Å²) in [6, 6.07) is 0. The lowest BCUT2D eigenvalue weighted by molar-refractivity contribution is 0.575.